The molecule has 88 valence electrons. The van der Waals surface area contributed by atoms with Crippen LogP contribution in [-0.2, 0) is 11.3 Å². The Bertz CT molecular complexity index is 382. The first-order valence-corrected chi connectivity index (χ1v) is 7.05. The predicted octanol–water partition coefficient (Wildman–Crippen LogP) is 2.26. The van der Waals surface area contributed by atoms with Crippen LogP contribution in [-0.4, -0.2) is 12.5 Å². The van der Waals surface area contributed by atoms with Gasteiger partial charge in [-0.3, -0.25) is 4.79 Å². The van der Waals surface area contributed by atoms with Crippen molar-refractivity contribution in [3.05, 3.63) is 20.8 Å². The summed E-state index contributed by atoms with van der Waals surface area (Å²) < 4.78 is 1.07. The summed E-state index contributed by atoms with van der Waals surface area (Å²) in [6.07, 6.45) is 2.99. The van der Waals surface area contributed by atoms with E-state index in [9.17, 15) is 4.79 Å². The zero-order chi connectivity index (χ0) is 11.6. The predicted molar refractivity (Wildman–Crippen MR) is 69.2 cm³/mol. The molecule has 5 heteroatoms. The van der Waals surface area contributed by atoms with E-state index in [0.717, 1.165) is 28.6 Å². The largest absolute Gasteiger partial charge is 0.351 e. The van der Waals surface area contributed by atoms with E-state index in [-0.39, 0.29) is 11.3 Å². The number of hydrogen-bond donors (Lipinski definition) is 2. The van der Waals surface area contributed by atoms with Crippen molar-refractivity contribution in [2.75, 3.05) is 6.54 Å². The van der Waals surface area contributed by atoms with Gasteiger partial charge in [0.25, 0.3) is 0 Å². The van der Waals surface area contributed by atoms with Crippen molar-refractivity contribution in [3.63, 3.8) is 0 Å². The van der Waals surface area contributed by atoms with Crippen LogP contribution in [0, 0.1) is 5.41 Å². The lowest BCUT2D eigenvalue weighted by Gasteiger charge is -2.39. The van der Waals surface area contributed by atoms with Gasteiger partial charge in [0.05, 0.1) is 12.0 Å². The molecule has 0 atom stereocenters. The zero-order valence-corrected chi connectivity index (χ0v) is 11.4. The molecule has 3 nitrogen and oxygen atoms in total. The van der Waals surface area contributed by atoms with Gasteiger partial charge in [-0.25, -0.2) is 0 Å². The molecule has 1 aliphatic rings. The maximum absolute atomic E-state index is 12.0. The van der Waals surface area contributed by atoms with Gasteiger partial charge in [0.1, 0.15) is 0 Å². The van der Waals surface area contributed by atoms with Crippen LogP contribution in [0.15, 0.2) is 15.9 Å². The summed E-state index contributed by atoms with van der Waals surface area (Å²) in [7, 11) is 0. The lowest BCUT2D eigenvalue weighted by molar-refractivity contribution is -0.135. The number of nitrogens with one attached hydrogen (secondary N) is 1. The number of rotatable bonds is 4. The maximum atomic E-state index is 12.0. The molecule has 0 unspecified atom stereocenters. The Kier molecular flexibility index (Phi) is 3.66. The Morgan fingerprint density at radius 3 is 2.81 bits per heavy atom. The SMILES string of the molecule is NCC1(C(=O)NCc2cc(Br)cs2)CCC1. The Morgan fingerprint density at radius 1 is 1.62 bits per heavy atom. The van der Waals surface area contributed by atoms with E-state index in [1.807, 2.05) is 11.4 Å². The molecule has 0 aromatic carbocycles. The summed E-state index contributed by atoms with van der Waals surface area (Å²) in [4.78, 5) is 13.1. The van der Waals surface area contributed by atoms with Crippen LogP contribution in [0.1, 0.15) is 24.1 Å². The Hall–Kier alpha value is -0.390. The summed E-state index contributed by atoms with van der Waals surface area (Å²) in [6, 6.07) is 2.03. The molecule has 1 fully saturated rings. The molecule has 1 saturated carbocycles. The lowest BCUT2D eigenvalue weighted by atomic mass is 9.68. The Labute approximate surface area is 108 Å². The van der Waals surface area contributed by atoms with Gasteiger partial charge in [0, 0.05) is 21.3 Å². The highest BCUT2D eigenvalue weighted by molar-refractivity contribution is 9.10. The second-order valence-corrected chi connectivity index (χ2v) is 6.16. The fourth-order valence-corrected chi connectivity index (χ4v) is 3.32. The minimum Gasteiger partial charge on any atom is -0.351 e. The van der Waals surface area contributed by atoms with Gasteiger partial charge in [0.2, 0.25) is 5.91 Å². The van der Waals surface area contributed by atoms with Crippen molar-refractivity contribution < 1.29 is 4.79 Å². The molecule has 1 aromatic rings. The molecule has 1 amide bonds. The van der Waals surface area contributed by atoms with Crippen molar-refractivity contribution in [1.82, 2.24) is 5.32 Å². The van der Waals surface area contributed by atoms with Crippen molar-refractivity contribution in [2.45, 2.75) is 25.8 Å². The van der Waals surface area contributed by atoms with Gasteiger partial charge >= 0.3 is 0 Å². The number of carbonyl (C=O) groups is 1. The van der Waals surface area contributed by atoms with Crippen LogP contribution in [0.25, 0.3) is 0 Å². The summed E-state index contributed by atoms with van der Waals surface area (Å²) in [5, 5.41) is 4.99. The Balaban J connectivity index is 1.88. The van der Waals surface area contributed by atoms with Crippen LogP contribution >= 0.6 is 27.3 Å². The van der Waals surface area contributed by atoms with Crippen LogP contribution in [0.5, 0.6) is 0 Å². The smallest absolute Gasteiger partial charge is 0.227 e. The highest BCUT2D eigenvalue weighted by Crippen LogP contribution is 2.40. The van der Waals surface area contributed by atoms with Gasteiger partial charge in [0.15, 0.2) is 0 Å². The third-order valence-corrected chi connectivity index (χ3v) is 4.93. The average molecular weight is 303 g/mol. The second kappa shape index (κ2) is 4.85. The van der Waals surface area contributed by atoms with E-state index in [1.54, 1.807) is 11.3 Å². The van der Waals surface area contributed by atoms with E-state index in [0.29, 0.717) is 13.1 Å². The third kappa shape index (κ3) is 2.31. The highest BCUT2D eigenvalue weighted by Gasteiger charge is 2.42. The highest BCUT2D eigenvalue weighted by atomic mass is 79.9. The summed E-state index contributed by atoms with van der Waals surface area (Å²) in [6.45, 7) is 1.07. The molecule has 2 rings (SSSR count). The van der Waals surface area contributed by atoms with Gasteiger partial charge in [-0.2, -0.15) is 0 Å². The molecule has 16 heavy (non-hydrogen) atoms. The van der Waals surface area contributed by atoms with E-state index in [2.05, 4.69) is 21.2 Å². The maximum Gasteiger partial charge on any atom is 0.227 e. The number of amides is 1. The van der Waals surface area contributed by atoms with Crippen molar-refractivity contribution in [1.29, 1.82) is 0 Å². The normalized spacial score (nSPS) is 17.9. The summed E-state index contributed by atoms with van der Waals surface area (Å²) >= 11 is 5.04. The van der Waals surface area contributed by atoms with Gasteiger partial charge in [-0.15, -0.1) is 11.3 Å². The molecule has 0 bridgehead atoms. The topological polar surface area (TPSA) is 55.1 Å². The number of halogens is 1. The number of hydrogen-bond acceptors (Lipinski definition) is 3. The summed E-state index contributed by atoms with van der Waals surface area (Å²) in [5.74, 6) is 0.116. The van der Waals surface area contributed by atoms with E-state index in [4.69, 9.17) is 5.73 Å². The molecule has 1 aliphatic carbocycles. The molecule has 1 heterocycles. The van der Waals surface area contributed by atoms with E-state index >= 15 is 0 Å². The lowest BCUT2D eigenvalue weighted by Crippen LogP contribution is -2.50. The minimum atomic E-state index is -0.269. The molecular weight excluding hydrogens is 288 g/mol. The molecular formula is C11H15BrN2OS. The van der Waals surface area contributed by atoms with E-state index in [1.165, 1.54) is 0 Å². The van der Waals surface area contributed by atoms with E-state index < -0.39 is 0 Å². The molecule has 0 spiro atoms. The van der Waals surface area contributed by atoms with Crippen molar-refractivity contribution >= 4 is 33.2 Å². The zero-order valence-electron chi connectivity index (χ0n) is 8.96. The van der Waals surface area contributed by atoms with Gasteiger partial charge < -0.3 is 11.1 Å². The first-order chi connectivity index (χ1) is 7.66. The molecule has 3 N–H and O–H groups in total. The number of nitrogens with two attached hydrogens (primary N) is 1. The number of thiophene rings is 1. The van der Waals surface area contributed by atoms with Crippen molar-refractivity contribution in [2.24, 2.45) is 11.1 Å². The monoisotopic (exact) mass is 302 g/mol. The molecule has 0 aliphatic heterocycles. The minimum absolute atomic E-state index is 0.116. The van der Waals surface area contributed by atoms with Crippen LogP contribution < -0.4 is 11.1 Å². The first-order valence-electron chi connectivity index (χ1n) is 5.37. The van der Waals surface area contributed by atoms with Crippen molar-refractivity contribution in [3.8, 4) is 0 Å². The second-order valence-electron chi connectivity index (χ2n) is 4.25. The fraction of sp³-hybridized carbons (Fsp3) is 0.545. The third-order valence-electron chi connectivity index (χ3n) is 3.23. The van der Waals surface area contributed by atoms with Gasteiger partial charge in [-0.05, 0) is 34.8 Å². The molecule has 1 aromatic heterocycles. The quantitative estimate of drug-likeness (QED) is 0.896. The summed E-state index contributed by atoms with van der Waals surface area (Å²) in [5.41, 5.74) is 5.41. The van der Waals surface area contributed by atoms with Crippen LogP contribution in [0.4, 0.5) is 0 Å². The number of carbonyl (C=O) groups excluding carboxylic acids is 1. The molecule has 0 saturated heterocycles. The van der Waals surface area contributed by atoms with Crippen LogP contribution in [0.3, 0.4) is 0 Å². The Morgan fingerprint density at radius 2 is 2.38 bits per heavy atom. The fourth-order valence-electron chi connectivity index (χ4n) is 1.93. The molecule has 0 radical (unpaired) electrons. The standard InChI is InChI=1S/C11H15BrN2OS/c12-8-4-9(16-6-8)5-14-10(15)11(7-13)2-1-3-11/h4,6H,1-3,5,7,13H2,(H,14,15). The first kappa shape index (κ1) is 12.1. The average Bonchev–Trinajstić information content (AvgIpc) is 2.60. The van der Waals surface area contributed by atoms with Gasteiger partial charge in [-0.1, -0.05) is 6.42 Å². The van der Waals surface area contributed by atoms with Crippen LogP contribution in [0.2, 0.25) is 0 Å².